The van der Waals surface area contributed by atoms with Gasteiger partial charge in [0, 0.05) is 4.88 Å². The van der Waals surface area contributed by atoms with Crippen LogP contribution >= 0.6 is 22.9 Å². The summed E-state index contributed by atoms with van der Waals surface area (Å²) in [5.74, 6) is 0.157. The van der Waals surface area contributed by atoms with Crippen molar-refractivity contribution >= 4 is 60.9 Å². The van der Waals surface area contributed by atoms with E-state index in [0.29, 0.717) is 20.8 Å². The Balaban J connectivity index is 2.23. The van der Waals surface area contributed by atoms with E-state index in [4.69, 9.17) is 16.3 Å². The summed E-state index contributed by atoms with van der Waals surface area (Å²) >= 11 is 7.16. The van der Waals surface area contributed by atoms with Gasteiger partial charge in [-0.25, -0.2) is 14.7 Å². The van der Waals surface area contributed by atoms with Crippen molar-refractivity contribution in [1.29, 1.82) is 0 Å². The normalized spacial score (nSPS) is 13.3. The number of fused-ring (bicyclic) bond motifs is 1. The van der Waals surface area contributed by atoms with Crippen LogP contribution in [0, 0.1) is 0 Å². The molecule has 1 unspecified atom stereocenters. The van der Waals surface area contributed by atoms with Crippen LogP contribution in [0.5, 0.6) is 0 Å². The average Bonchev–Trinajstić information content (AvgIpc) is 3.03. The number of anilines is 2. The molecule has 0 aliphatic rings. The molecule has 0 saturated heterocycles. The Morgan fingerprint density at radius 2 is 1.87 bits per heavy atom. The standard InChI is InChI=1S/C19H20ClN3O5S2/c1-11(30(25,26)27)14-10-13-15(29-14)16(22-17(20)21-13)23(12-8-6-5-7-9-12)18(24)28-19(2,3)4/h5-11H,1-4H3,(H,25,26,27). The van der Waals surface area contributed by atoms with E-state index in [9.17, 15) is 17.8 Å². The van der Waals surface area contributed by atoms with Crippen molar-refractivity contribution in [3.05, 3.63) is 46.6 Å². The second kappa shape index (κ2) is 8.10. The van der Waals surface area contributed by atoms with Crippen LogP contribution in [0.25, 0.3) is 10.2 Å². The molecule has 1 aromatic carbocycles. The predicted molar refractivity (Wildman–Crippen MR) is 117 cm³/mol. The Kier molecular flexibility index (Phi) is 6.06. The summed E-state index contributed by atoms with van der Waals surface area (Å²) in [4.78, 5) is 23.1. The minimum absolute atomic E-state index is 0.120. The molecule has 1 N–H and O–H groups in total. The number of rotatable bonds is 4. The monoisotopic (exact) mass is 469 g/mol. The predicted octanol–water partition coefficient (Wildman–Crippen LogP) is 5.37. The number of benzene rings is 1. The molecule has 0 spiro atoms. The third kappa shape index (κ3) is 4.89. The number of carbonyl (C=O) groups is 1. The van der Waals surface area contributed by atoms with E-state index in [1.165, 1.54) is 17.9 Å². The van der Waals surface area contributed by atoms with E-state index < -0.39 is 27.1 Å². The number of halogens is 1. The molecule has 8 nitrogen and oxygen atoms in total. The van der Waals surface area contributed by atoms with Gasteiger partial charge in [0.25, 0.3) is 10.1 Å². The first-order chi connectivity index (χ1) is 13.9. The molecule has 0 aliphatic carbocycles. The second-order valence-electron chi connectivity index (χ2n) is 7.49. The largest absolute Gasteiger partial charge is 0.443 e. The maximum Gasteiger partial charge on any atom is 0.420 e. The van der Waals surface area contributed by atoms with Crippen molar-refractivity contribution in [2.24, 2.45) is 0 Å². The summed E-state index contributed by atoms with van der Waals surface area (Å²) in [7, 11) is -4.32. The Bertz CT molecular complexity index is 1190. The number of hydrogen-bond acceptors (Lipinski definition) is 7. The van der Waals surface area contributed by atoms with E-state index in [0.717, 1.165) is 11.3 Å². The highest BCUT2D eigenvalue weighted by molar-refractivity contribution is 7.86. The van der Waals surface area contributed by atoms with Gasteiger partial charge in [0.05, 0.1) is 15.9 Å². The lowest BCUT2D eigenvalue weighted by atomic mass is 10.2. The first kappa shape index (κ1) is 22.4. The lowest BCUT2D eigenvalue weighted by molar-refractivity contribution is 0.0598. The summed E-state index contributed by atoms with van der Waals surface area (Å²) < 4.78 is 38.6. The van der Waals surface area contributed by atoms with Gasteiger partial charge in [0.15, 0.2) is 5.82 Å². The van der Waals surface area contributed by atoms with Gasteiger partial charge in [-0.1, -0.05) is 18.2 Å². The fourth-order valence-corrected chi connectivity index (χ4v) is 4.65. The first-order valence-electron chi connectivity index (χ1n) is 8.88. The number of carbonyl (C=O) groups excluding carboxylic acids is 1. The maximum absolute atomic E-state index is 13.1. The molecule has 11 heteroatoms. The van der Waals surface area contributed by atoms with Gasteiger partial charge in [0.1, 0.15) is 10.9 Å². The molecule has 0 fully saturated rings. The van der Waals surface area contributed by atoms with E-state index in [1.807, 2.05) is 0 Å². The van der Waals surface area contributed by atoms with Crippen LogP contribution in [0.3, 0.4) is 0 Å². The molecule has 0 aliphatic heterocycles. The van der Waals surface area contributed by atoms with Crippen molar-refractivity contribution in [3.8, 4) is 0 Å². The van der Waals surface area contributed by atoms with Gasteiger partial charge in [-0.15, -0.1) is 11.3 Å². The fourth-order valence-electron chi connectivity index (χ4n) is 2.60. The zero-order chi connectivity index (χ0) is 22.3. The Morgan fingerprint density at radius 3 is 2.43 bits per heavy atom. The molecule has 160 valence electrons. The highest BCUT2D eigenvalue weighted by Crippen LogP contribution is 2.40. The van der Waals surface area contributed by atoms with E-state index >= 15 is 0 Å². The number of para-hydroxylation sites is 1. The lowest BCUT2D eigenvalue weighted by Gasteiger charge is -2.27. The minimum atomic E-state index is -4.32. The zero-order valence-electron chi connectivity index (χ0n) is 16.7. The molecule has 1 amide bonds. The van der Waals surface area contributed by atoms with Crippen molar-refractivity contribution in [2.75, 3.05) is 4.90 Å². The van der Waals surface area contributed by atoms with Gasteiger partial charge < -0.3 is 4.74 Å². The molecule has 3 rings (SSSR count). The van der Waals surface area contributed by atoms with Crippen LogP contribution in [-0.4, -0.2) is 34.6 Å². The summed E-state index contributed by atoms with van der Waals surface area (Å²) in [5.41, 5.74) is 0.0748. The number of thiophene rings is 1. The van der Waals surface area contributed by atoms with Gasteiger partial charge in [-0.2, -0.15) is 13.4 Å². The molecule has 0 bridgehead atoms. The van der Waals surface area contributed by atoms with E-state index in [1.54, 1.807) is 51.1 Å². The maximum atomic E-state index is 13.1. The fraction of sp³-hybridized carbons (Fsp3) is 0.316. The highest BCUT2D eigenvalue weighted by Gasteiger charge is 2.30. The number of nitrogens with zero attached hydrogens (tertiary/aromatic N) is 3. The third-order valence-electron chi connectivity index (χ3n) is 4.00. The van der Waals surface area contributed by atoms with Crippen molar-refractivity contribution < 1.29 is 22.5 Å². The summed E-state index contributed by atoms with van der Waals surface area (Å²) in [6.45, 7) is 6.59. The zero-order valence-corrected chi connectivity index (χ0v) is 19.0. The second-order valence-corrected chi connectivity index (χ2v) is 10.6. The lowest BCUT2D eigenvalue weighted by Crippen LogP contribution is -2.34. The van der Waals surface area contributed by atoms with Crippen molar-refractivity contribution in [2.45, 2.75) is 38.5 Å². The molecule has 0 radical (unpaired) electrons. The van der Waals surface area contributed by atoms with Crippen LogP contribution in [0.1, 0.15) is 37.8 Å². The Morgan fingerprint density at radius 1 is 1.23 bits per heavy atom. The summed E-state index contributed by atoms with van der Waals surface area (Å²) in [5, 5.41) is -1.29. The van der Waals surface area contributed by atoms with Crippen LogP contribution in [0.4, 0.5) is 16.3 Å². The molecule has 30 heavy (non-hydrogen) atoms. The summed E-state index contributed by atoms with van der Waals surface area (Å²) in [6.07, 6.45) is -0.678. The first-order valence-corrected chi connectivity index (χ1v) is 11.6. The van der Waals surface area contributed by atoms with Crippen molar-refractivity contribution in [1.82, 2.24) is 9.97 Å². The van der Waals surface area contributed by atoms with Crippen LogP contribution in [0.15, 0.2) is 36.4 Å². The van der Waals surface area contributed by atoms with E-state index in [-0.39, 0.29) is 11.1 Å². The van der Waals surface area contributed by atoms with Gasteiger partial charge in [-0.05, 0) is 57.5 Å². The molecule has 1 atom stereocenters. The molecule has 3 aromatic rings. The van der Waals surface area contributed by atoms with Crippen LogP contribution < -0.4 is 4.90 Å². The minimum Gasteiger partial charge on any atom is -0.443 e. The topological polar surface area (TPSA) is 110 Å². The van der Waals surface area contributed by atoms with Gasteiger partial charge in [0.2, 0.25) is 5.28 Å². The van der Waals surface area contributed by atoms with Crippen LogP contribution in [0.2, 0.25) is 5.28 Å². The Hall–Kier alpha value is -2.27. The number of ether oxygens (including phenoxy) is 1. The molecular formula is C19H20ClN3O5S2. The Labute approximate surface area is 183 Å². The number of amides is 1. The smallest absolute Gasteiger partial charge is 0.420 e. The highest BCUT2D eigenvalue weighted by atomic mass is 35.5. The SMILES string of the molecule is CC(c1cc2nc(Cl)nc(N(C(=O)OC(C)(C)C)c3ccccc3)c2s1)S(=O)(=O)O. The molecule has 2 heterocycles. The van der Waals surface area contributed by atoms with Gasteiger partial charge in [-0.3, -0.25) is 4.55 Å². The quantitative estimate of drug-likeness (QED) is 0.404. The molecule has 0 saturated carbocycles. The molecule has 2 aromatic heterocycles. The number of aromatic nitrogens is 2. The van der Waals surface area contributed by atoms with Crippen LogP contribution in [-0.2, 0) is 14.9 Å². The van der Waals surface area contributed by atoms with Gasteiger partial charge >= 0.3 is 6.09 Å². The molecular weight excluding hydrogens is 450 g/mol. The van der Waals surface area contributed by atoms with Crippen molar-refractivity contribution in [3.63, 3.8) is 0 Å². The van der Waals surface area contributed by atoms with E-state index in [2.05, 4.69) is 9.97 Å². The third-order valence-corrected chi connectivity index (χ3v) is 6.76. The summed E-state index contributed by atoms with van der Waals surface area (Å²) in [6, 6.07) is 10.2. The number of hydrogen-bond donors (Lipinski definition) is 1. The average molecular weight is 470 g/mol.